The Morgan fingerprint density at radius 3 is 2.67 bits per heavy atom. The van der Waals surface area contributed by atoms with Gasteiger partial charge in [-0.2, -0.15) is 15.0 Å². The van der Waals surface area contributed by atoms with Gasteiger partial charge in [0, 0.05) is 5.69 Å². The molecule has 5 N–H and O–H groups in total. The van der Waals surface area contributed by atoms with Crippen molar-refractivity contribution in [2.45, 2.75) is 30.9 Å². The predicted molar refractivity (Wildman–Crippen MR) is 124 cm³/mol. The summed E-state index contributed by atoms with van der Waals surface area (Å²) in [5, 5.41) is 11.7. The minimum atomic E-state index is -0.464. The van der Waals surface area contributed by atoms with Gasteiger partial charge in [0.1, 0.15) is 12.4 Å². The summed E-state index contributed by atoms with van der Waals surface area (Å²) in [6.07, 6.45) is 0.863. The van der Waals surface area contributed by atoms with E-state index in [4.69, 9.17) is 16.3 Å². The lowest BCUT2D eigenvalue weighted by Crippen LogP contribution is -2.16. The summed E-state index contributed by atoms with van der Waals surface area (Å²) in [5.41, 5.74) is 7.92. The number of aryl methyl sites for hydroxylation is 1. The average Bonchev–Trinajstić information content (AvgIpc) is 3.16. The van der Waals surface area contributed by atoms with Gasteiger partial charge in [-0.05, 0) is 30.2 Å². The highest BCUT2D eigenvalue weighted by Crippen LogP contribution is 2.23. The van der Waals surface area contributed by atoms with Crippen LogP contribution in [0.15, 0.2) is 53.7 Å². The zero-order valence-corrected chi connectivity index (χ0v) is 18.6. The minimum absolute atomic E-state index is 0.0331. The molecule has 0 bridgehead atoms. The molecule has 10 nitrogen and oxygen atoms in total. The Hall–Kier alpha value is -3.93. The van der Waals surface area contributed by atoms with E-state index in [9.17, 15) is 4.39 Å². The van der Waals surface area contributed by atoms with Gasteiger partial charge in [0.05, 0.1) is 5.75 Å². The normalized spacial score (nSPS) is 10.8. The van der Waals surface area contributed by atoms with E-state index >= 15 is 0 Å². The van der Waals surface area contributed by atoms with Gasteiger partial charge in [-0.3, -0.25) is 0 Å². The van der Waals surface area contributed by atoms with Crippen molar-refractivity contribution in [2.24, 2.45) is 0 Å². The lowest BCUT2D eigenvalue weighted by atomic mass is 10.1. The smallest absolute Gasteiger partial charge is 0.232 e. The van der Waals surface area contributed by atoms with Crippen LogP contribution in [0.2, 0.25) is 0 Å². The van der Waals surface area contributed by atoms with Crippen molar-refractivity contribution in [1.29, 1.82) is 0 Å². The van der Waals surface area contributed by atoms with Crippen LogP contribution >= 0.6 is 11.8 Å². The number of hydrogen-bond donors (Lipinski definition) is 3. The largest absolute Gasteiger partial charge is 0.482 e. The molecule has 0 fully saturated rings. The number of nitrogens with two attached hydrogens (primary N) is 2. The van der Waals surface area contributed by atoms with Crippen LogP contribution in [0.1, 0.15) is 24.1 Å². The fourth-order valence-corrected chi connectivity index (χ4v) is 3.70. The van der Waals surface area contributed by atoms with Crippen LogP contribution in [0.3, 0.4) is 0 Å². The molecule has 2 heterocycles. The van der Waals surface area contributed by atoms with Crippen LogP contribution in [-0.2, 0) is 18.8 Å². The Balaban J connectivity index is 1.41. The van der Waals surface area contributed by atoms with Gasteiger partial charge in [-0.25, -0.2) is 9.07 Å². The Bertz CT molecular complexity index is 1250. The van der Waals surface area contributed by atoms with E-state index in [0.717, 1.165) is 17.7 Å². The third-order valence-electron chi connectivity index (χ3n) is 4.60. The number of anilines is 3. The number of nitrogens with zero attached hydrogens (tertiary/aromatic N) is 6. The van der Waals surface area contributed by atoms with Crippen molar-refractivity contribution in [2.75, 3.05) is 16.9 Å². The second-order valence-corrected chi connectivity index (χ2v) is 7.79. The number of nitrogen functional groups attached to an aromatic ring is 2. The van der Waals surface area contributed by atoms with E-state index in [2.05, 4.69) is 37.4 Å². The van der Waals surface area contributed by atoms with Gasteiger partial charge in [0.25, 0.3) is 0 Å². The van der Waals surface area contributed by atoms with Crippen LogP contribution in [-0.4, -0.2) is 29.8 Å². The summed E-state index contributed by atoms with van der Waals surface area (Å²) in [6.45, 7) is 2.04. The van der Waals surface area contributed by atoms with Crippen LogP contribution in [0.25, 0.3) is 0 Å². The monoisotopic (exact) mass is 467 g/mol. The number of rotatable bonds is 9. The van der Waals surface area contributed by atoms with Crippen LogP contribution < -0.4 is 21.6 Å². The summed E-state index contributed by atoms with van der Waals surface area (Å²) >= 11 is 1.28. The minimum Gasteiger partial charge on any atom is -0.482 e. The summed E-state index contributed by atoms with van der Waals surface area (Å²) in [4.78, 5) is 12.8. The topological polar surface area (TPSA) is 143 Å². The Morgan fingerprint density at radius 1 is 1.06 bits per heavy atom. The quantitative estimate of drug-likeness (QED) is 0.248. The second-order valence-electron chi connectivity index (χ2n) is 6.85. The standard InChI is InChI=1S/C21H22FN9OS/c1-2-13-7-3-5-9-15(13)25-20-27-17(26-19(23)28-20)12-33-21-30-29-18(31(21)24)11-32-16-10-6-4-8-14(16)22/h3-10H,2,11-12,24H2,1H3,(H3,23,25,26,27,28). The van der Waals surface area contributed by atoms with Crippen molar-refractivity contribution in [3.8, 4) is 5.75 Å². The summed E-state index contributed by atoms with van der Waals surface area (Å²) in [5.74, 6) is 7.30. The molecule has 0 radical (unpaired) electrons. The first-order valence-electron chi connectivity index (χ1n) is 10.1. The molecule has 0 amide bonds. The number of ether oxygens (including phenoxy) is 1. The molecule has 33 heavy (non-hydrogen) atoms. The molecular weight excluding hydrogens is 445 g/mol. The van der Waals surface area contributed by atoms with E-state index in [1.54, 1.807) is 12.1 Å². The molecule has 2 aromatic carbocycles. The lowest BCUT2D eigenvalue weighted by molar-refractivity contribution is 0.277. The molecule has 4 aromatic rings. The SMILES string of the molecule is CCc1ccccc1Nc1nc(N)nc(CSc2nnc(COc3ccccc3F)n2N)n1. The molecule has 12 heteroatoms. The molecule has 0 aliphatic heterocycles. The van der Waals surface area contributed by atoms with Crippen molar-refractivity contribution < 1.29 is 9.13 Å². The zero-order chi connectivity index (χ0) is 23.2. The summed E-state index contributed by atoms with van der Waals surface area (Å²) < 4.78 is 20.4. The van der Waals surface area contributed by atoms with Gasteiger partial charge in [0.2, 0.25) is 17.1 Å². The molecular formula is C21H22FN9OS. The van der Waals surface area contributed by atoms with Crippen molar-refractivity contribution in [3.05, 3.63) is 71.6 Å². The number of nitrogens with one attached hydrogen (secondary N) is 1. The van der Waals surface area contributed by atoms with E-state index < -0.39 is 5.82 Å². The molecule has 2 aromatic heterocycles. The van der Waals surface area contributed by atoms with Gasteiger partial charge in [0.15, 0.2) is 17.4 Å². The van der Waals surface area contributed by atoms with Gasteiger partial charge >= 0.3 is 0 Å². The van der Waals surface area contributed by atoms with E-state index in [-0.39, 0.29) is 18.3 Å². The Kier molecular flexibility index (Phi) is 6.83. The van der Waals surface area contributed by atoms with Gasteiger partial charge in [-0.1, -0.05) is 49.0 Å². The molecule has 0 saturated carbocycles. The highest BCUT2D eigenvalue weighted by Gasteiger charge is 2.14. The average molecular weight is 468 g/mol. The first-order valence-corrected chi connectivity index (χ1v) is 11.1. The first kappa shape index (κ1) is 22.3. The van der Waals surface area contributed by atoms with Gasteiger partial charge < -0.3 is 21.6 Å². The van der Waals surface area contributed by atoms with Crippen molar-refractivity contribution >= 4 is 29.3 Å². The van der Waals surface area contributed by atoms with E-state index in [0.29, 0.717) is 28.5 Å². The Morgan fingerprint density at radius 2 is 1.85 bits per heavy atom. The predicted octanol–water partition coefficient (Wildman–Crippen LogP) is 3.08. The fourth-order valence-electron chi connectivity index (χ4n) is 2.97. The fraction of sp³-hybridized carbons (Fsp3) is 0.190. The van der Waals surface area contributed by atoms with Crippen LogP contribution in [0.5, 0.6) is 5.75 Å². The summed E-state index contributed by atoms with van der Waals surface area (Å²) in [6, 6.07) is 14.0. The molecule has 170 valence electrons. The van der Waals surface area contributed by atoms with Crippen molar-refractivity contribution in [1.82, 2.24) is 29.8 Å². The molecule has 0 aliphatic rings. The third-order valence-corrected chi connectivity index (χ3v) is 5.54. The highest BCUT2D eigenvalue weighted by atomic mass is 32.2. The molecule has 0 atom stereocenters. The number of halogens is 1. The third kappa shape index (κ3) is 5.47. The van der Waals surface area contributed by atoms with E-state index in [1.165, 1.54) is 28.6 Å². The number of aromatic nitrogens is 6. The van der Waals surface area contributed by atoms with Gasteiger partial charge in [-0.15, -0.1) is 10.2 Å². The maximum absolute atomic E-state index is 13.7. The van der Waals surface area contributed by atoms with E-state index in [1.807, 2.05) is 24.3 Å². The lowest BCUT2D eigenvalue weighted by Gasteiger charge is -2.10. The molecule has 0 saturated heterocycles. The molecule has 0 spiro atoms. The molecule has 0 aliphatic carbocycles. The molecule has 4 rings (SSSR count). The van der Waals surface area contributed by atoms with Crippen LogP contribution in [0, 0.1) is 5.82 Å². The maximum atomic E-state index is 13.7. The first-order chi connectivity index (χ1) is 16.0. The molecule has 0 unspecified atom stereocenters. The van der Waals surface area contributed by atoms with Crippen LogP contribution in [0.4, 0.5) is 22.0 Å². The highest BCUT2D eigenvalue weighted by molar-refractivity contribution is 7.98. The number of para-hydroxylation sites is 2. The maximum Gasteiger partial charge on any atom is 0.232 e. The van der Waals surface area contributed by atoms with Crippen molar-refractivity contribution in [3.63, 3.8) is 0 Å². The number of hydrogen-bond acceptors (Lipinski definition) is 10. The second kappa shape index (κ2) is 10.1. The zero-order valence-electron chi connectivity index (χ0n) is 17.8. The number of thioether (sulfide) groups is 1. The number of benzene rings is 2. The summed E-state index contributed by atoms with van der Waals surface area (Å²) in [7, 11) is 0. The Labute approximate surface area is 193 Å².